The molecule has 39 heavy (non-hydrogen) atoms. The number of ether oxygens (including phenoxy) is 1. The van der Waals surface area contributed by atoms with Crippen molar-refractivity contribution in [2.45, 2.75) is 70.2 Å². The zero-order valence-corrected chi connectivity index (χ0v) is 23.4. The van der Waals surface area contributed by atoms with E-state index in [-0.39, 0.29) is 18.0 Å². The van der Waals surface area contributed by atoms with Crippen LogP contribution in [0.3, 0.4) is 0 Å². The molecule has 0 aliphatic carbocycles. The van der Waals surface area contributed by atoms with Crippen LogP contribution < -0.4 is 0 Å². The van der Waals surface area contributed by atoms with E-state index >= 15 is 0 Å². The summed E-state index contributed by atoms with van der Waals surface area (Å²) in [6, 6.07) is 20.3. The Morgan fingerprint density at radius 2 is 1.79 bits per heavy atom. The maximum Gasteiger partial charge on any atom is 0.410 e. The first-order valence-corrected chi connectivity index (χ1v) is 13.5. The van der Waals surface area contributed by atoms with E-state index in [1.807, 2.05) is 76.0 Å². The number of benzene rings is 3. The van der Waals surface area contributed by atoms with E-state index < -0.39 is 17.2 Å². The number of aliphatic hydroxyl groups excluding tert-OH is 1. The van der Waals surface area contributed by atoms with Gasteiger partial charge in [0.25, 0.3) is 0 Å². The van der Waals surface area contributed by atoms with E-state index in [4.69, 9.17) is 4.74 Å². The third-order valence-corrected chi connectivity index (χ3v) is 7.96. The van der Waals surface area contributed by atoms with Crippen LogP contribution >= 0.6 is 0 Å². The fourth-order valence-electron chi connectivity index (χ4n) is 5.58. The van der Waals surface area contributed by atoms with Gasteiger partial charge in [0.05, 0.1) is 11.6 Å². The highest BCUT2D eigenvalue weighted by atomic mass is 19.1. The smallest absolute Gasteiger partial charge is 0.410 e. The third kappa shape index (κ3) is 6.41. The highest BCUT2D eigenvalue weighted by Crippen LogP contribution is 2.41. The highest BCUT2D eigenvalue weighted by Gasteiger charge is 2.41. The normalized spacial score (nSPS) is 17.1. The van der Waals surface area contributed by atoms with Gasteiger partial charge in [-0.2, -0.15) is 5.26 Å². The minimum absolute atomic E-state index is 0.176. The Balaban J connectivity index is 1.59. The number of amides is 1. The molecule has 2 atom stereocenters. The highest BCUT2D eigenvalue weighted by molar-refractivity contribution is 5.87. The summed E-state index contributed by atoms with van der Waals surface area (Å²) in [5.74, 6) is -0.310. The van der Waals surface area contributed by atoms with Gasteiger partial charge in [0, 0.05) is 24.5 Å². The molecule has 1 aliphatic rings. The van der Waals surface area contributed by atoms with Crippen molar-refractivity contribution in [1.82, 2.24) is 9.80 Å². The predicted molar refractivity (Wildman–Crippen MR) is 151 cm³/mol. The van der Waals surface area contributed by atoms with Gasteiger partial charge in [-0.25, -0.2) is 9.18 Å². The van der Waals surface area contributed by atoms with Crippen molar-refractivity contribution in [3.05, 3.63) is 83.2 Å². The van der Waals surface area contributed by atoms with Gasteiger partial charge >= 0.3 is 6.09 Å². The number of piperidine rings is 1. The molecule has 3 aromatic carbocycles. The van der Waals surface area contributed by atoms with Gasteiger partial charge in [-0.1, -0.05) is 36.4 Å². The van der Waals surface area contributed by atoms with Crippen molar-refractivity contribution in [1.29, 1.82) is 5.26 Å². The lowest BCUT2D eigenvalue weighted by Crippen LogP contribution is -2.49. The first kappa shape index (κ1) is 28.5. The second-order valence-electron chi connectivity index (χ2n) is 11.7. The van der Waals surface area contributed by atoms with Crippen LogP contribution in [0.15, 0.2) is 60.7 Å². The van der Waals surface area contributed by atoms with Crippen molar-refractivity contribution in [3.8, 4) is 6.07 Å². The quantitative estimate of drug-likeness (QED) is 0.367. The van der Waals surface area contributed by atoms with Gasteiger partial charge in [-0.3, -0.25) is 4.90 Å². The predicted octanol–water partition coefficient (Wildman–Crippen LogP) is 6.52. The first-order valence-electron chi connectivity index (χ1n) is 13.5. The molecule has 4 rings (SSSR count). The molecule has 0 spiro atoms. The molecular weight excluding hydrogens is 493 g/mol. The molecule has 0 radical (unpaired) electrons. The molecule has 2 unspecified atom stereocenters. The molecular formula is C32H38FN3O3. The molecule has 206 valence electrons. The Morgan fingerprint density at radius 1 is 1.15 bits per heavy atom. The lowest BCUT2D eigenvalue weighted by atomic mass is 9.70. The number of halogens is 1. The summed E-state index contributed by atoms with van der Waals surface area (Å²) in [7, 11) is 1.89. The van der Waals surface area contributed by atoms with Crippen LogP contribution in [0.1, 0.15) is 69.7 Å². The van der Waals surface area contributed by atoms with Gasteiger partial charge in [-0.05, 0) is 100 Å². The molecule has 1 saturated heterocycles. The standard InChI is InChI=1S/C32H38FN3O3/c1-22(28-19-23(21-34)18-24-8-6-7-9-27(24)28)35(5)29(37)20-32(25-10-12-26(33)13-11-25)14-16-36(17-15-32)30(38)39-31(2,3)4/h6-13,18-19,22,29,37H,14-17,20H2,1-5H3. The monoisotopic (exact) mass is 531 g/mol. The summed E-state index contributed by atoms with van der Waals surface area (Å²) in [4.78, 5) is 16.4. The van der Waals surface area contributed by atoms with E-state index in [1.165, 1.54) is 12.1 Å². The summed E-state index contributed by atoms with van der Waals surface area (Å²) in [6.45, 7) is 8.53. The zero-order chi connectivity index (χ0) is 28.4. The average molecular weight is 532 g/mol. The zero-order valence-electron chi connectivity index (χ0n) is 23.4. The van der Waals surface area contributed by atoms with E-state index in [0.29, 0.717) is 37.9 Å². The van der Waals surface area contributed by atoms with Crippen LogP contribution in [0, 0.1) is 17.1 Å². The maximum atomic E-state index is 13.8. The summed E-state index contributed by atoms with van der Waals surface area (Å²) >= 11 is 0. The molecule has 1 aliphatic heterocycles. The number of aliphatic hydroxyl groups is 1. The molecule has 0 aromatic heterocycles. The molecule has 0 bridgehead atoms. The summed E-state index contributed by atoms with van der Waals surface area (Å²) in [5.41, 5.74) is 1.48. The SMILES string of the molecule is CC(c1cc(C#N)cc2ccccc12)N(C)C(O)CC1(c2ccc(F)cc2)CCN(C(=O)OC(C)(C)C)CC1. The maximum absolute atomic E-state index is 13.8. The number of rotatable bonds is 6. The number of nitrogens with zero attached hydrogens (tertiary/aromatic N) is 3. The second-order valence-corrected chi connectivity index (χ2v) is 11.7. The van der Waals surface area contributed by atoms with Crippen molar-refractivity contribution >= 4 is 16.9 Å². The number of carbonyl (C=O) groups excluding carboxylic acids is 1. The fourth-order valence-corrected chi connectivity index (χ4v) is 5.58. The van der Waals surface area contributed by atoms with Crippen LogP contribution in [0.5, 0.6) is 0 Å². The summed E-state index contributed by atoms with van der Waals surface area (Å²) in [5, 5.41) is 23.2. The summed E-state index contributed by atoms with van der Waals surface area (Å²) in [6.07, 6.45) is 0.485. The largest absolute Gasteiger partial charge is 0.444 e. The van der Waals surface area contributed by atoms with Crippen LogP contribution in [0.2, 0.25) is 0 Å². The Kier molecular flexibility index (Phi) is 8.29. The fraction of sp³-hybridized carbons (Fsp3) is 0.438. The number of likely N-dealkylation sites (tertiary alicyclic amines) is 1. The minimum atomic E-state index is -0.817. The molecule has 1 N–H and O–H groups in total. The molecule has 6 nitrogen and oxygen atoms in total. The Hall–Kier alpha value is -3.47. The molecule has 0 saturated carbocycles. The van der Waals surface area contributed by atoms with Crippen molar-refractivity contribution in [3.63, 3.8) is 0 Å². The second kappa shape index (κ2) is 11.3. The number of hydrogen-bond acceptors (Lipinski definition) is 5. The van der Waals surface area contributed by atoms with E-state index in [9.17, 15) is 19.6 Å². The van der Waals surface area contributed by atoms with Gasteiger partial charge in [0.15, 0.2) is 0 Å². The van der Waals surface area contributed by atoms with Crippen molar-refractivity contribution < 1.29 is 19.0 Å². The van der Waals surface area contributed by atoms with E-state index in [1.54, 1.807) is 17.0 Å². The molecule has 1 heterocycles. The van der Waals surface area contributed by atoms with Crippen LogP contribution in [-0.4, -0.2) is 53.0 Å². The van der Waals surface area contributed by atoms with Gasteiger partial charge in [0.1, 0.15) is 17.6 Å². The lowest BCUT2D eigenvalue weighted by Gasteiger charge is -2.45. The molecule has 3 aromatic rings. The number of nitriles is 1. The van der Waals surface area contributed by atoms with Crippen LogP contribution in [0.25, 0.3) is 10.8 Å². The number of carbonyl (C=O) groups is 1. The van der Waals surface area contributed by atoms with Gasteiger partial charge < -0.3 is 14.7 Å². The van der Waals surface area contributed by atoms with Gasteiger partial charge in [0.2, 0.25) is 0 Å². The number of hydrogen-bond donors (Lipinski definition) is 1. The first-order chi connectivity index (χ1) is 18.4. The van der Waals surface area contributed by atoms with E-state index in [0.717, 1.165) is 21.9 Å². The lowest BCUT2D eigenvalue weighted by molar-refractivity contribution is -0.0347. The van der Waals surface area contributed by atoms with Crippen molar-refractivity contribution in [2.75, 3.05) is 20.1 Å². The third-order valence-electron chi connectivity index (χ3n) is 7.96. The minimum Gasteiger partial charge on any atom is -0.444 e. The summed E-state index contributed by atoms with van der Waals surface area (Å²) < 4.78 is 19.4. The Bertz CT molecular complexity index is 1350. The Labute approximate surface area is 230 Å². The topological polar surface area (TPSA) is 76.8 Å². The molecule has 1 fully saturated rings. The van der Waals surface area contributed by atoms with Crippen LogP contribution in [-0.2, 0) is 10.2 Å². The molecule has 7 heteroatoms. The average Bonchev–Trinajstić information content (AvgIpc) is 2.91. The van der Waals surface area contributed by atoms with Crippen LogP contribution in [0.4, 0.5) is 9.18 Å². The molecule has 1 amide bonds. The number of fused-ring (bicyclic) bond motifs is 1. The van der Waals surface area contributed by atoms with Gasteiger partial charge in [-0.15, -0.1) is 0 Å². The van der Waals surface area contributed by atoms with Crippen molar-refractivity contribution in [2.24, 2.45) is 0 Å². The Morgan fingerprint density at radius 3 is 2.41 bits per heavy atom. The van der Waals surface area contributed by atoms with E-state index in [2.05, 4.69) is 6.07 Å².